The van der Waals surface area contributed by atoms with E-state index in [0.717, 1.165) is 6.04 Å². The van der Waals surface area contributed by atoms with Crippen LogP contribution in [-0.2, 0) is 0 Å². The van der Waals surface area contributed by atoms with E-state index in [1.165, 1.54) is 58.4 Å². The van der Waals surface area contributed by atoms with Crippen molar-refractivity contribution in [3.63, 3.8) is 0 Å². The van der Waals surface area contributed by atoms with Gasteiger partial charge in [-0.3, -0.25) is 0 Å². The molecule has 0 aromatic heterocycles. The van der Waals surface area contributed by atoms with Gasteiger partial charge >= 0.3 is 0 Å². The molecular formula is C14H28N2. The van der Waals surface area contributed by atoms with Crippen LogP contribution in [0.5, 0.6) is 0 Å². The summed E-state index contributed by atoms with van der Waals surface area (Å²) in [5, 5.41) is 0. The van der Waals surface area contributed by atoms with Crippen molar-refractivity contribution in [2.75, 3.05) is 32.7 Å². The average molecular weight is 224 g/mol. The van der Waals surface area contributed by atoms with E-state index >= 15 is 0 Å². The highest BCUT2D eigenvalue weighted by atomic mass is 15.2. The summed E-state index contributed by atoms with van der Waals surface area (Å²) >= 11 is 0. The van der Waals surface area contributed by atoms with Gasteiger partial charge in [0.1, 0.15) is 0 Å². The lowest BCUT2D eigenvalue weighted by molar-refractivity contribution is 0.103. The second-order valence-corrected chi connectivity index (χ2v) is 6.16. The monoisotopic (exact) mass is 224 g/mol. The topological polar surface area (TPSA) is 6.48 Å². The minimum atomic E-state index is 0.689. The van der Waals surface area contributed by atoms with Gasteiger partial charge in [-0.1, -0.05) is 6.92 Å². The summed E-state index contributed by atoms with van der Waals surface area (Å²) in [4.78, 5) is 5.33. The first-order valence-corrected chi connectivity index (χ1v) is 7.12. The van der Waals surface area contributed by atoms with Crippen molar-refractivity contribution in [1.29, 1.82) is 0 Å². The fourth-order valence-electron chi connectivity index (χ4n) is 3.39. The van der Waals surface area contributed by atoms with Crippen LogP contribution in [0.15, 0.2) is 0 Å². The van der Waals surface area contributed by atoms with Crippen LogP contribution in [0.3, 0.4) is 0 Å². The van der Waals surface area contributed by atoms with Gasteiger partial charge in [0.2, 0.25) is 0 Å². The Labute approximate surface area is 101 Å². The van der Waals surface area contributed by atoms with Gasteiger partial charge in [0.25, 0.3) is 0 Å². The number of hydrogen-bond donors (Lipinski definition) is 0. The van der Waals surface area contributed by atoms with E-state index in [0.29, 0.717) is 5.41 Å². The molecule has 0 aromatic rings. The molecule has 94 valence electrons. The molecule has 1 spiro atoms. The minimum Gasteiger partial charge on any atom is -0.303 e. The molecule has 0 bridgehead atoms. The van der Waals surface area contributed by atoms with Crippen LogP contribution in [0.4, 0.5) is 0 Å². The molecule has 2 nitrogen and oxygen atoms in total. The molecule has 2 rings (SSSR count). The lowest BCUT2D eigenvalue weighted by atomic mass is 9.78. The average Bonchev–Trinajstić information content (AvgIpc) is 2.67. The maximum atomic E-state index is 2.68. The predicted octanol–water partition coefficient (Wildman–Crippen LogP) is 2.59. The van der Waals surface area contributed by atoms with Gasteiger partial charge in [0.15, 0.2) is 0 Å². The normalized spacial score (nSPS) is 27.0. The van der Waals surface area contributed by atoms with Gasteiger partial charge < -0.3 is 9.80 Å². The van der Waals surface area contributed by atoms with Crippen LogP contribution in [0, 0.1) is 5.41 Å². The van der Waals surface area contributed by atoms with Crippen LogP contribution >= 0.6 is 0 Å². The van der Waals surface area contributed by atoms with Crippen LogP contribution in [-0.4, -0.2) is 48.6 Å². The first-order valence-electron chi connectivity index (χ1n) is 7.12. The molecule has 16 heavy (non-hydrogen) atoms. The summed E-state index contributed by atoms with van der Waals surface area (Å²) < 4.78 is 0. The van der Waals surface area contributed by atoms with Gasteiger partial charge in [-0.15, -0.1) is 0 Å². The molecular weight excluding hydrogens is 196 g/mol. The highest BCUT2D eigenvalue weighted by Gasteiger charge is 2.40. The first kappa shape index (κ1) is 12.4. The molecule has 2 heteroatoms. The SMILES string of the molecule is CCCN1CCC2(CC1)CCN(C(C)C)C2. The van der Waals surface area contributed by atoms with Crippen molar-refractivity contribution in [2.45, 2.75) is 52.5 Å². The van der Waals surface area contributed by atoms with E-state index in [1.807, 2.05) is 0 Å². The van der Waals surface area contributed by atoms with Crippen LogP contribution in [0.1, 0.15) is 46.5 Å². The fraction of sp³-hybridized carbons (Fsp3) is 1.00. The van der Waals surface area contributed by atoms with Crippen LogP contribution in [0.25, 0.3) is 0 Å². The van der Waals surface area contributed by atoms with Gasteiger partial charge in [0.05, 0.1) is 0 Å². The summed E-state index contributed by atoms with van der Waals surface area (Å²) in [6, 6.07) is 0.744. The van der Waals surface area contributed by atoms with Crippen molar-refractivity contribution in [3.05, 3.63) is 0 Å². The molecule has 0 aliphatic carbocycles. The Balaban J connectivity index is 1.84. The Morgan fingerprint density at radius 1 is 1.06 bits per heavy atom. The Morgan fingerprint density at radius 2 is 1.69 bits per heavy atom. The highest BCUT2D eigenvalue weighted by Crippen LogP contribution is 2.40. The Bertz CT molecular complexity index is 217. The molecule has 2 saturated heterocycles. The minimum absolute atomic E-state index is 0.689. The van der Waals surface area contributed by atoms with Crippen molar-refractivity contribution >= 4 is 0 Å². The van der Waals surface area contributed by atoms with Gasteiger partial charge in [-0.2, -0.15) is 0 Å². The lowest BCUT2D eigenvalue weighted by Gasteiger charge is -2.39. The summed E-state index contributed by atoms with van der Waals surface area (Å²) in [5.41, 5.74) is 0.689. The number of rotatable bonds is 3. The highest BCUT2D eigenvalue weighted by molar-refractivity contribution is 4.94. The lowest BCUT2D eigenvalue weighted by Crippen LogP contribution is -2.42. The van der Waals surface area contributed by atoms with E-state index in [9.17, 15) is 0 Å². The summed E-state index contributed by atoms with van der Waals surface area (Å²) in [6.07, 6.45) is 5.64. The van der Waals surface area contributed by atoms with Crippen molar-refractivity contribution < 1.29 is 0 Å². The van der Waals surface area contributed by atoms with E-state index in [4.69, 9.17) is 0 Å². The zero-order valence-corrected chi connectivity index (χ0v) is 11.3. The van der Waals surface area contributed by atoms with Gasteiger partial charge in [0, 0.05) is 12.6 Å². The zero-order valence-electron chi connectivity index (χ0n) is 11.3. The number of nitrogens with zero attached hydrogens (tertiary/aromatic N) is 2. The maximum Gasteiger partial charge on any atom is 0.00421 e. The maximum absolute atomic E-state index is 2.68. The molecule has 0 aromatic carbocycles. The summed E-state index contributed by atoms with van der Waals surface area (Å²) in [6.45, 7) is 13.7. The Hall–Kier alpha value is -0.0800. The van der Waals surface area contributed by atoms with Crippen molar-refractivity contribution in [1.82, 2.24) is 9.80 Å². The molecule has 2 heterocycles. The van der Waals surface area contributed by atoms with Gasteiger partial charge in [-0.05, 0) is 71.1 Å². The predicted molar refractivity (Wildman–Crippen MR) is 69.7 cm³/mol. The molecule has 0 amide bonds. The van der Waals surface area contributed by atoms with E-state index in [-0.39, 0.29) is 0 Å². The standard InChI is InChI=1S/C14H28N2/c1-4-8-15-9-5-14(6-10-15)7-11-16(12-14)13(2)3/h13H,4-12H2,1-3H3. The van der Waals surface area contributed by atoms with E-state index in [2.05, 4.69) is 30.6 Å². The third-order valence-corrected chi connectivity index (χ3v) is 4.65. The molecule has 0 N–H and O–H groups in total. The summed E-state index contributed by atoms with van der Waals surface area (Å²) in [7, 11) is 0. The molecule has 0 saturated carbocycles. The number of likely N-dealkylation sites (tertiary alicyclic amines) is 2. The van der Waals surface area contributed by atoms with Crippen molar-refractivity contribution in [2.24, 2.45) is 5.41 Å². The molecule has 0 radical (unpaired) electrons. The van der Waals surface area contributed by atoms with E-state index < -0.39 is 0 Å². The number of hydrogen-bond acceptors (Lipinski definition) is 2. The molecule has 2 aliphatic rings. The van der Waals surface area contributed by atoms with Crippen LogP contribution < -0.4 is 0 Å². The van der Waals surface area contributed by atoms with Crippen LogP contribution in [0.2, 0.25) is 0 Å². The Kier molecular flexibility index (Phi) is 3.91. The van der Waals surface area contributed by atoms with Crippen molar-refractivity contribution in [3.8, 4) is 0 Å². The molecule has 2 fully saturated rings. The molecule has 2 aliphatic heterocycles. The molecule has 0 unspecified atom stereocenters. The smallest absolute Gasteiger partial charge is 0.00421 e. The quantitative estimate of drug-likeness (QED) is 0.727. The molecule has 0 atom stereocenters. The van der Waals surface area contributed by atoms with Gasteiger partial charge in [-0.25, -0.2) is 0 Å². The van der Waals surface area contributed by atoms with E-state index in [1.54, 1.807) is 0 Å². The third kappa shape index (κ3) is 2.60. The largest absolute Gasteiger partial charge is 0.303 e. The first-order chi connectivity index (χ1) is 7.65. The summed E-state index contributed by atoms with van der Waals surface area (Å²) in [5.74, 6) is 0. The number of piperidine rings is 1. The zero-order chi connectivity index (χ0) is 11.6. The second-order valence-electron chi connectivity index (χ2n) is 6.16. The fourth-order valence-corrected chi connectivity index (χ4v) is 3.39. The third-order valence-electron chi connectivity index (χ3n) is 4.65. The Morgan fingerprint density at radius 3 is 2.19 bits per heavy atom. The second kappa shape index (κ2) is 5.05.